The summed E-state index contributed by atoms with van der Waals surface area (Å²) in [6.45, 7) is 3.88. The van der Waals surface area contributed by atoms with Gasteiger partial charge in [0.05, 0.1) is 6.20 Å². The summed E-state index contributed by atoms with van der Waals surface area (Å²) in [7, 11) is 0. The van der Waals surface area contributed by atoms with Crippen LogP contribution in [0.5, 0.6) is 0 Å². The third-order valence-electron chi connectivity index (χ3n) is 3.71. The van der Waals surface area contributed by atoms with Crippen molar-refractivity contribution in [2.24, 2.45) is 11.8 Å². The van der Waals surface area contributed by atoms with Gasteiger partial charge in [0.1, 0.15) is 6.26 Å². The molecule has 2 bridgehead atoms. The van der Waals surface area contributed by atoms with E-state index in [9.17, 15) is 0 Å². The lowest BCUT2D eigenvalue weighted by Gasteiger charge is -2.44. The fourth-order valence-electron chi connectivity index (χ4n) is 2.90. The highest BCUT2D eigenvalue weighted by molar-refractivity contribution is 4.92. The molecule has 4 rings (SSSR count). The van der Waals surface area contributed by atoms with E-state index in [1.807, 2.05) is 0 Å². The van der Waals surface area contributed by atoms with Crippen molar-refractivity contribution in [3.8, 4) is 0 Å². The summed E-state index contributed by atoms with van der Waals surface area (Å²) in [6.07, 6.45) is 7.22. The number of oxazole rings is 1. The van der Waals surface area contributed by atoms with Crippen molar-refractivity contribution in [3.05, 3.63) is 18.4 Å². The minimum Gasteiger partial charge on any atom is -0.449 e. The predicted octanol–water partition coefficient (Wildman–Crippen LogP) is 1.56. The Balaban J connectivity index is 1.68. The second-order valence-electron chi connectivity index (χ2n) is 4.53. The largest absolute Gasteiger partial charge is 0.449 e. The molecule has 3 aliphatic rings. The van der Waals surface area contributed by atoms with Crippen LogP contribution in [0.15, 0.2) is 16.9 Å². The van der Waals surface area contributed by atoms with Gasteiger partial charge in [0, 0.05) is 13.0 Å². The van der Waals surface area contributed by atoms with Gasteiger partial charge in [-0.05, 0) is 37.8 Å². The van der Waals surface area contributed by atoms with Crippen molar-refractivity contribution in [1.82, 2.24) is 9.88 Å². The molecule has 14 heavy (non-hydrogen) atoms. The van der Waals surface area contributed by atoms with Crippen LogP contribution in [-0.2, 0) is 6.42 Å². The summed E-state index contributed by atoms with van der Waals surface area (Å²) in [4.78, 5) is 6.79. The molecular formula is C11H16N2O. The Hall–Kier alpha value is -0.830. The molecule has 3 fully saturated rings. The molecule has 0 N–H and O–H groups in total. The summed E-state index contributed by atoms with van der Waals surface area (Å²) < 4.78 is 5.31. The van der Waals surface area contributed by atoms with Gasteiger partial charge in [-0.15, -0.1) is 0 Å². The molecule has 1 aromatic heterocycles. The maximum Gasteiger partial charge on any atom is 0.194 e. The lowest BCUT2D eigenvalue weighted by Crippen LogP contribution is -2.48. The molecule has 76 valence electrons. The molecule has 1 atom stereocenters. The number of piperidine rings is 3. The fraction of sp³-hybridized carbons (Fsp3) is 0.727. The lowest BCUT2D eigenvalue weighted by molar-refractivity contribution is 0.0481. The molecule has 0 aromatic carbocycles. The molecule has 3 aliphatic heterocycles. The summed E-state index contributed by atoms with van der Waals surface area (Å²) in [5.74, 6) is 2.63. The Bertz CT molecular complexity index is 288. The number of hydrogen-bond donors (Lipinski definition) is 0. The second-order valence-corrected chi connectivity index (χ2v) is 4.53. The monoisotopic (exact) mass is 192 g/mol. The molecule has 1 aromatic rings. The Morgan fingerprint density at radius 3 is 2.86 bits per heavy atom. The zero-order valence-electron chi connectivity index (χ0n) is 8.35. The Labute approximate surface area is 84.1 Å². The normalized spacial score (nSPS) is 36.1. The van der Waals surface area contributed by atoms with Crippen LogP contribution in [0, 0.1) is 11.8 Å². The van der Waals surface area contributed by atoms with Crippen molar-refractivity contribution in [3.63, 3.8) is 0 Å². The van der Waals surface area contributed by atoms with Crippen LogP contribution in [0.4, 0.5) is 0 Å². The number of fused-ring (bicyclic) bond motifs is 3. The Morgan fingerprint density at radius 2 is 2.29 bits per heavy atom. The first-order valence-corrected chi connectivity index (χ1v) is 5.52. The number of aromatic nitrogens is 1. The van der Waals surface area contributed by atoms with E-state index in [1.54, 1.807) is 12.5 Å². The average Bonchev–Trinajstić information content (AvgIpc) is 2.72. The molecule has 3 nitrogen and oxygen atoms in total. The average molecular weight is 192 g/mol. The fourth-order valence-corrected chi connectivity index (χ4v) is 2.90. The van der Waals surface area contributed by atoms with Crippen molar-refractivity contribution in [2.45, 2.75) is 19.3 Å². The maximum atomic E-state index is 5.31. The molecule has 0 spiro atoms. The quantitative estimate of drug-likeness (QED) is 0.712. The molecule has 0 amide bonds. The second kappa shape index (κ2) is 3.39. The highest BCUT2D eigenvalue weighted by Crippen LogP contribution is 2.33. The van der Waals surface area contributed by atoms with E-state index in [4.69, 9.17) is 4.42 Å². The number of rotatable bonds is 2. The van der Waals surface area contributed by atoms with E-state index in [-0.39, 0.29) is 0 Å². The first kappa shape index (κ1) is 8.48. The van der Waals surface area contributed by atoms with E-state index in [2.05, 4.69) is 9.88 Å². The molecule has 0 saturated carbocycles. The van der Waals surface area contributed by atoms with Crippen LogP contribution in [0.1, 0.15) is 18.7 Å². The van der Waals surface area contributed by atoms with Gasteiger partial charge in [-0.1, -0.05) is 0 Å². The highest BCUT2D eigenvalue weighted by Gasteiger charge is 2.34. The van der Waals surface area contributed by atoms with Crippen molar-refractivity contribution in [1.29, 1.82) is 0 Å². The molecule has 4 heterocycles. The minimum absolute atomic E-state index is 0.788. The molecular weight excluding hydrogens is 176 g/mol. The smallest absolute Gasteiger partial charge is 0.194 e. The first-order chi connectivity index (χ1) is 6.92. The molecule has 0 aliphatic carbocycles. The van der Waals surface area contributed by atoms with Gasteiger partial charge in [0.15, 0.2) is 5.89 Å². The SMILES string of the molecule is c1coc(CC2CN3CCC2CC3)n1. The van der Waals surface area contributed by atoms with Crippen LogP contribution >= 0.6 is 0 Å². The van der Waals surface area contributed by atoms with Crippen molar-refractivity contribution >= 4 is 0 Å². The van der Waals surface area contributed by atoms with Gasteiger partial charge in [-0.25, -0.2) is 4.98 Å². The lowest BCUT2D eigenvalue weighted by atomic mass is 9.77. The zero-order chi connectivity index (χ0) is 9.38. The van der Waals surface area contributed by atoms with Gasteiger partial charge in [0.25, 0.3) is 0 Å². The highest BCUT2D eigenvalue weighted by atomic mass is 16.3. The third kappa shape index (κ3) is 1.46. The van der Waals surface area contributed by atoms with Crippen LogP contribution in [0.25, 0.3) is 0 Å². The van der Waals surface area contributed by atoms with E-state index in [1.165, 1.54) is 32.5 Å². The molecule has 3 heteroatoms. The van der Waals surface area contributed by atoms with E-state index >= 15 is 0 Å². The van der Waals surface area contributed by atoms with Gasteiger partial charge in [-0.2, -0.15) is 0 Å². The van der Waals surface area contributed by atoms with Crippen molar-refractivity contribution < 1.29 is 4.42 Å². The van der Waals surface area contributed by atoms with Crippen LogP contribution in [-0.4, -0.2) is 29.5 Å². The zero-order valence-corrected chi connectivity index (χ0v) is 8.35. The van der Waals surface area contributed by atoms with E-state index in [0.29, 0.717) is 0 Å². The van der Waals surface area contributed by atoms with E-state index in [0.717, 1.165) is 24.1 Å². The van der Waals surface area contributed by atoms with Crippen LogP contribution < -0.4 is 0 Å². The summed E-state index contributed by atoms with van der Waals surface area (Å²) in [6, 6.07) is 0. The first-order valence-electron chi connectivity index (χ1n) is 5.52. The minimum atomic E-state index is 0.788. The maximum absolute atomic E-state index is 5.31. The summed E-state index contributed by atoms with van der Waals surface area (Å²) >= 11 is 0. The van der Waals surface area contributed by atoms with Gasteiger partial charge < -0.3 is 9.32 Å². The Morgan fingerprint density at radius 1 is 1.43 bits per heavy atom. The van der Waals surface area contributed by atoms with Gasteiger partial charge in [-0.3, -0.25) is 0 Å². The van der Waals surface area contributed by atoms with Crippen LogP contribution in [0.2, 0.25) is 0 Å². The third-order valence-corrected chi connectivity index (χ3v) is 3.71. The van der Waals surface area contributed by atoms with Crippen molar-refractivity contribution in [2.75, 3.05) is 19.6 Å². The topological polar surface area (TPSA) is 29.3 Å². The molecule has 1 unspecified atom stereocenters. The van der Waals surface area contributed by atoms with Gasteiger partial charge >= 0.3 is 0 Å². The van der Waals surface area contributed by atoms with Crippen LogP contribution in [0.3, 0.4) is 0 Å². The predicted molar refractivity (Wildman–Crippen MR) is 52.9 cm³/mol. The van der Waals surface area contributed by atoms with Gasteiger partial charge in [0.2, 0.25) is 0 Å². The number of hydrogen-bond acceptors (Lipinski definition) is 3. The summed E-state index contributed by atoms with van der Waals surface area (Å²) in [5.41, 5.74) is 0. The standard InChI is InChI=1S/C11H16N2O/c1-4-13-5-2-9(1)10(8-13)7-11-12-3-6-14-11/h3,6,9-10H,1-2,4-5,7-8H2. The summed E-state index contributed by atoms with van der Waals surface area (Å²) in [5, 5.41) is 0. The number of nitrogens with zero attached hydrogens (tertiary/aromatic N) is 2. The molecule has 0 radical (unpaired) electrons. The molecule has 3 saturated heterocycles. The van der Waals surface area contributed by atoms with E-state index < -0.39 is 0 Å². The Kier molecular flexibility index (Phi) is 2.05.